The van der Waals surface area contributed by atoms with Crippen LogP contribution in [0.4, 0.5) is 5.69 Å². The molecule has 146 valence electrons. The number of carbonyl (C=O) groups excluding carboxylic acids is 2. The zero-order chi connectivity index (χ0) is 18.9. The molecule has 3 heterocycles. The minimum atomic E-state index is -2.47. The molecule has 1 aromatic rings. The first-order valence-electron chi connectivity index (χ1n) is 9.51. The normalized spacial score (nSPS) is 29.7. The van der Waals surface area contributed by atoms with E-state index in [-0.39, 0.29) is 30.4 Å². The Kier molecular flexibility index (Phi) is 4.94. The lowest BCUT2D eigenvalue weighted by atomic mass is 9.94. The molecule has 2 amide bonds. The first-order valence-corrected chi connectivity index (χ1v) is 11.4. The highest BCUT2D eigenvalue weighted by Gasteiger charge is 2.40. The van der Waals surface area contributed by atoms with Gasteiger partial charge in [-0.3, -0.25) is 9.59 Å². The van der Waals surface area contributed by atoms with Gasteiger partial charge in [0.1, 0.15) is 5.75 Å². The second-order valence-electron chi connectivity index (χ2n) is 7.69. The highest BCUT2D eigenvalue weighted by atomic mass is 32.2. The number of amides is 2. The monoisotopic (exact) mass is 391 g/mol. The predicted molar refractivity (Wildman–Crippen MR) is 103 cm³/mol. The summed E-state index contributed by atoms with van der Waals surface area (Å²) < 4.78 is 22.6. The van der Waals surface area contributed by atoms with Crippen LogP contribution in [-0.4, -0.2) is 46.2 Å². The Morgan fingerprint density at radius 3 is 2.96 bits per heavy atom. The van der Waals surface area contributed by atoms with Gasteiger partial charge in [-0.25, -0.2) is 4.21 Å². The van der Waals surface area contributed by atoms with Crippen molar-refractivity contribution in [2.24, 2.45) is 4.36 Å². The van der Waals surface area contributed by atoms with Crippen LogP contribution in [0.1, 0.15) is 37.7 Å². The lowest BCUT2D eigenvalue weighted by molar-refractivity contribution is -0.119. The van der Waals surface area contributed by atoms with Crippen LogP contribution in [0.15, 0.2) is 22.6 Å². The average molecular weight is 391 g/mol. The molecule has 27 heavy (non-hydrogen) atoms. The van der Waals surface area contributed by atoms with E-state index in [1.807, 2.05) is 12.1 Å². The highest BCUT2D eigenvalue weighted by molar-refractivity contribution is 7.94. The third kappa shape index (κ3) is 4.16. The number of nitrogens with zero attached hydrogens (tertiary/aromatic N) is 1. The quantitative estimate of drug-likeness (QED) is 0.820. The largest absolute Gasteiger partial charge is 0.482 e. The zero-order valence-electron chi connectivity index (χ0n) is 15.3. The van der Waals surface area contributed by atoms with E-state index >= 15 is 0 Å². The number of hydrogen-bond acceptors (Lipinski definition) is 5. The van der Waals surface area contributed by atoms with Gasteiger partial charge in [0.2, 0.25) is 0 Å². The van der Waals surface area contributed by atoms with Crippen LogP contribution in [0.5, 0.6) is 5.75 Å². The minimum Gasteiger partial charge on any atom is -0.482 e. The number of anilines is 1. The molecule has 1 spiro atoms. The topological polar surface area (TPSA) is 96.9 Å². The highest BCUT2D eigenvalue weighted by Crippen LogP contribution is 2.32. The van der Waals surface area contributed by atoms with Crippen molar-refractivity contribution in [1.82, 2.24) is 5.32 Å². The molecular weight excluding hydrogens is 366 g/mol. The molecule has 3 aliphatic heterocycles. The maximum absolute atomic E-state index is 13.1. The maximum atomic E-state index is 13.1. The van der Waals surface area contributed by atoms with Crippen molar-refractivity contribution in [2.75, 3.05) is 30.0 Å². The van der Waals surface area contributed by atoms with Gasteiger partial charge in [0, 0.05) is 17.7 Å². The molecule has 0 bridgehead atoms. The molecule has 4 rings (SSSR count). The summed E-state index contributed by atoms with van der Waals surface area (Å²) in [6.45, 7) is 0.983. The molecule has 2 N–H and O–H groups in total. The average Bonchev–Trinajstić information content (AvgIpc) is 3.06. The van der Waals surface area contributed by atoms with Gasteiger partial charge in [-0.2, -0.15) is 4.36 Å². The fraction of sp³-hybridized carbons (Fsp3) is 0.579. The van der Waals surface area contributed by atoms with Crippen LogP contribution in [0, 0.1) is 0 Å². The molecule has 7 nitrogen and oxygen atoms in total. The van der Waals surface area contributed by atoms with E-state index in [2.05, 4.69) is 15.0 Å². The van der Waals surface area contributed by atoms with E-state index < -0.39 is 9.73 Å². The molecule has 2 unspecified atom stereocenters. The third-order valence-corrected chi connectivity index (χ3v) is 7.99. The van der Waals surface area contributed by atoms with Crippen LogP contribution in [-0.2, 0) is 25.7 Å². The molecule has 8 heteroatoms. The first kappa shape index (κ1) is 18.4. The number of carbonyl (C=O) groups is 2. The molecule has 0 radical (unpaired) electrons. The van der Waals surface area contributed by atoms with Crippen molar-refractivity contribution in [3.63, 3.8) is 0 Å². The van der Waals surface area contributed by atoms with Crippen LogP contribution < -0.4 is 15.4 Å². The van der Waals surface area contributed by atoms with Crippen molar-refractivity contribution in [3.8, 4) is 5.75 Å². The van der Waals surface area contributed by atoms with Gasteiger partial charge >= 0.3 is 0 Å². The Hall–Kier alpha value is -1.93. The predicted octanol–water partition coefficient (Wildman–Crippen LogP) is 1.86. The maximum Gasteiger partial charge on any atom is 0.262 e. The second-order valence-corrected chi connectivity index (χ2v) is 10.1. The second kappa shape index (κ2) is 7.24. The first-order chi connectivity index (χ1) is 13.0. The molecule has 2 saturated heterocycles. The van der Waals surface area contributed by atoms with E-state index in [1.165, 1.54) is 0 Å². The third-order valence-electron chi connectivity index (χ3n) is 5.53. The van der Waals surface area contributed by atoms with Crippen molar-refractivity contribution >= 4 is 27.2 Å². The molecule has 1 aromatic carbocycles. The Bertz CT molecular complexity index is 883. The minimum absolute atomic E-state index is 0.0222. The van der Waals surface area contributed by atoms with Gasteiger partial charge in [-0.15, -0.1) is 0 Å². The van der Waals surface area contributed by atoms with Crippen molar-refractivity contribution < 1.29 is 18.5 Å². The van der Waals surface area contributed by atoms with E-state index in [9.17, 15) is 13.8 Å². The summed E-state index contributed by atoms with van der Waals surface area (Å²) in [5.74, 6) is 1.16. The van der Waals surface area contributed by atoms with Crippen molar-refractivity contribution in [3.05, 3.63) is 23.8 Å². The summed E-state index contributed by atoms with van der Waals surface area (Å²) in [7, 11) is -2.47. The van der Waals surface area contributed by atoms with E-state index in [1.54, 1.807) is 6.07 Å². The number of aryl methyl sites for hydroxylation is 1. The molecule has 0 aromatic heterocycles. The zero-order valence-corrected chi connectivity index (χ0v) is 16.1. The standard InChI is InChI=1S/C19H25N3O4S/c23-17(22-27(25)10-2-8-19(13-27)7-1-9-20-19)6-4-14-3-5-16-15(11-14)21-18(24)12-26-16/h3,5,11,20H,1-2,4,6-10,12-13H2,(H,21,24). The van der Waals surface area contributed by atoms with Gasteiger partial charge in [0.25, 0.3) is 11.8 Å². The van der Waals surface area contributed by atoms with Gasteiger partial charge < -0.3 is 15.4 Å². The SMILES string of the molecule is O=C(CCc1ccc2c(c1)NC(=O)CO2)N=S1(=O)CCCC2(CCCN2)C1. The molecular formula is C19H25N3O4S. The fourth-order valence-corrected chi connectivity index (χ4v) is 6.88. The molecule has 0 saturated carbocycles. The van der Waals surface area contributed by atoms with Crippen molar-refractivity contribution in [2.45, 2.75) is 44.1 Å². The number of rotatable bonds is 3. The number of ether oxygens (including phenoxy) is 1. The lowest BCUT2D eigenvalue weighted by Gasteiger charge is -2.35. The molecule has 2 fully saturated rings. The smallest absolute Gasteiger partial charge is 0.262 e. The van der Waals surface area contributed by atoms with E-state index in [0.29, 0.717) is 29.4 Å². The van der Waals surface area contributed by atoms with Crippen LogP contribution in [0.3, 0.4) is 0 Å². The summed E-state index contributed by atoms with van der Waals surface area (Å²) in [5.41, 5.74) is 1.46. The van der Waals surface area contributed by atoms with Crippen LogP contribution in [0.25, 0.3) is 0 Å². The molecule has 3 aliphatic rings. The lowest BCUT2D eigenvalue weighted by Crippen LogP contribution is -2.49. The number of fused-ring (bicyclic) bond motifs is 1. The Morgan fingerprint density at radius 1 is 1.30 bits per heavy atom. The van der Waals surface area contributed by atoms with Gasteiger partial charge in [-0.05, 0) is 56.3 Å². The van der Waals surface area contributed by atoms with E-state index in [4.69, 9.17) is 4.74 Å². The van der Waals surface area contributed by atoms with E-state index in [0.717, 1.165) is 37.8 Å². The number of nitrogens with one attached hydrogen (secondary N) is 2. The van der Waals surface area contributed by atoms with Crippen LogP contribution in [0.2, 0.25) is 0 Å². The summed E-state index contributed by atoms with van der Waals surface area (Å²) >= 11 is 0. The molecule has 0 aliphatic carbocycles. The Morgan fingerprint density at radius 2 is 2.15 bits per heavy atom. The van der Waals surface area contributed by atoms with Gasteiger partial charge in [0.15, 0.2) is 6.61 Å². The molecule has 2 atom stereocenters. The fourth-order valence-electron chi connectivity index (χ4n) is 4.26. The number of hydrogen-bond donors (Lipinski definition) is 2. The van der Waals surface area contributed by atoms with Gasteiger partial charge in [-0.1, -0.05) is 6.07 Å². The van der Waals surface area contributed by atoms with Gasteiger partial charge in [0.05, 0.1) is 21.2 Å². The Labute approximate surface area is 159 Å². The summed E-state index contributed by atoms with van der Waals surface area (Å²) in [4.78, 5) is 23.8. The number of benzene rings is 1. The van der Waals surface area contributed by atoms with Crippen LogP contribution >= 0.6 is 0 Å². The summed E-state index contributed by atoms with van der Waals surface area (Å²) in [6.07, 6.45) is 4.71. The Balaban J connectivity index is 1.41. The summed E-state index contributed by atoms with van der Waals surface area (Å²) in [6, 6.07) is 5.49. The summed E-state index contributed by atoms with van der Waals surface area (Å²) in [5, 5.41) is 6.26. The van der Waals surface area contributed by atoms with Crippen molar-refractivity contribution in [1.29, 1.82) is 0 Å².